The van der Waals surface area contributed by atoms with Crippen molar-refractivity contribution in [3.63, 3.8) is 0 Å². The summed E-state index contributed by atoms with van der Waals surface area (Å²) in [6.07, 6.45) is 5.31. The van der Waals surface area contributed by atoms with Crippen molar-refractivity contribution in [1.82, 2.24) is 0 Å². The molecule has 3 nitrogen and oxygen atoms in total. The van der Waals surface area contributed by atoms with E-state index in [-0.39, 0.29) is 11.9 Å². The molecule has 0 saturated carbocycles. The molecule has 0 N–H and O–H groups in total. The van der Waals surface area contributed by atoms with E-state index in [4.69, 9.17) is 4.74 Å². The molecule has 0 heterocycles. The molecular weight excluding hydrogens is 250 g/mol. The Labute approximate surface area is 121 Å². The SMILES string of the molecule is COC(=O)CC(C)C(C)=Nc1ccc2c(c1)CCCC2. The molecule has 1 aliphatic rings. The average molecular weight is 273 g/mol. The fourth-order valence-electron chi connectivity index (χ4n) is 2.58. The summed E-state index contributed by atoms with van der Waals surface area (Å²) in [5.41, 5.74) is 4.88. The summed E-state index contributed by atoms with van der Waals surface area (Å²) >= 11 is 0. The highest BCUT2D eigenvalue weighted by atomic mass is 16.5. The average Bonchev–Trinajstić information content (AvgIpc) is 2.46. The molecule has 0 radical (unpaired) electrons. The van der Waals surface area contributed by atoms with E-state index in [2.05, 4.69) is 23.2 Å². The molecule has 0 amide bonds. The van der Waals surface area contributed by atoms with Crippen LogP contribution in [0.5, 0.6) is 0 Å². The van der Waals surface area contributed by atoms with Gasteiger partial charge in [0, 0.05) is 11.6 Å². The molecule has 1 unspecified atom stereocenters. The third-order valence-electron chi connectivity index (χ3n) is 4.05. The van der Waals surface area contributed by atoms with Crippen LogP contribution in [0.25, 0.3) is 0 Å². The lowest BCUT2D eigenvalue weighted by atomic mass is 9.91. The second-order valence-electron chi connectivity index (χ2n) is 5.59. The fourth-order valence-corrected chi connectivity index (χ4v) is 2.58. The van der Waals surface area contributed by atoms with E-state index in [1.165, 1.54) is 37.5 Å². The van der Waals surface area contributed by atoms with Crippen molar-refractivity contribution in [2.75, 3.05) is 7.11 Å². The van der Waals surface area contributed by atoms with Gasteiger partial charge in [-0.25, -0.2) is 0 Å². The summed E-state index contributed by atoms with van der Waals surface area (Å²) in [6.45, 7) is 3.99. The van der Waals surface area contributed by atoms with Gasteiger partial charge in [0.15, 0.2) is 0 Å². The largest absolute Gasteiger partial charge is 0.469 e. The number of hydrogen-bond donors (Lipinski definition) is 0. The van der Waals surface area contributed by atoms with Crippen LogP contribution in [-0.2, 0) is 22.4 Å². The maximum atomic E-state index is 11.3. The van der Waals surface area contributed by atoms with Gasteiger partial charge in [0.05, 0.1) is 19.2 Å². The normalized spacial score (nSPS) is 16.4. The summed E-state index contributed by atoms with van der Waals surface area (Å²) in [4.78, 5) is 16.0. The maximum Gasteiger partial charge on any atom is 0.306 e. The number of aryl methyl sites for hydroxylation is 2. The van der Waals surface area contributed by atoms with Crippen LogP contribution in [0.1, 0.15) is 44.2 Å². The molecule has 108 valence electrons. The van der Waals surface area contributed by atoms with Gasteiger partial charge in [0.2, 0.25) is 0 Å². The molecule has 1 atom stereocenters. The van der Waals surface area contributed by atoms with E-state index in [0.717, 1.165) is 17.8 Å². The van der Waals surface area contributed by atoms with Crippen molar-refractivity contribution in [2.45, 2.75) is 46.0 Å². The number of hydrogen-bond acceptors (Lipinski definition) is 3. The molecule has 20 heavy (non-hydrogen) atoms. The molecule has 0 aliphatic heterocycles. The van der Waals surface area contributed by atoms with Gasteiger partial charge in [-0.05, 0) is 55.9 Å². The zero-order chi connectivity index (χ0) is 14.5. The minimum absolute atomic E-state index is 0.110. The molecule has 0 spiro atoms. The number of esters is 1. The molecule has 1 aromatic rings. The number of ether oxygens (including phenoxy) is 1. The smallest absolute Gasteiger partial charge is 0.306 e. The van der Waals surface area contributed by atoms with E-state index in [9.17, 15) is 4.79 Å². The first-order valence-corrected chi connectivity index (χ1v) is 7.34. The minimum Gasteiger partial charge on any atom is -0.469 e. The highest BCUT2D eigenvalue weighted by Gasteiger charge is 2.13. The summed E-state index contributed by atoms with van der Waals surface area (Å²) < 4.78 is 4.70. The second kappa shape index (κ2) is 6.69. The lowest BCUT2D eigenvalue weighted by molar-refractivity contribution is -0.141. The monoisotopic (exact) mass is 273 g/mol. The Hall–Kier alpha value is -1.64. The molecule has 1 aromatic carbocycles. The van der Waals surface area contributed by atoms with Gasteiger partial charge in [-0.2, -0.15) is 0 Å². The third kappa shape index (κ3) is 3.69. The predicted octanol–water partition coefficient (Wildman–Crippen LogP) is 3.86. The lowest BCUT2D eigenvalue weighted by Crippen LogP contribution is -2.13. The van der Waals surface area contributed by atoms with Crippen LogP contribution in [0.4, 0.5) is 5.69 Å². The van der Waals surface area contributed by atoms with E-state index in [1.807, 2.05) is 13.8 Å². The molecular formula is C17H23NO2. The number of nitrogens with zero attached hydrogens (tertiary/aromatic N) is 1. The van der Waals surface area contributed by atoms with E-state index in [0.29, 0.717) is 6.42 Å². The van der Waals surface area contributed by atoms with Crippen LogP contribution in [0.3, 0.4) is 0 Å². The van der Waals surface area contributed by atoms with E-state index >= 15 is 0 Å². The van der Waals surface area contributed by atoms with Crippen molar-refractivity contribution in [2.24, 2.45) is 10.9 Å². The van der Waals surface area contributed by atoms with Gasteiger partial charge in [-0.15, -0.1) is 0 Å². The zero-order valence-corrected chi connectivity index (χ0v) is 12.6. The topological polar surface area (TPSA) is 38.7 Å². The summed E-state index contributed by atoms with van der Waals surface area (Å²) in [6, 6.07) is 6.48. The van der Waals surface area contributed by atoms with E-state index in [1.54, 1.807) is 0 Å². The summed E-state index contributed by atoms with van der Waals surface area (Å²) in [5.74, 6) is -0.0732. The molecule has 0 aromatic heterocycles. The highest BCUT2D eigenvalue weighted by molar-refractivity contribution is 5.89. The number of methoxy groups -OCH3 is 1. The molecule has 1 aliphatic carbocycles. The summed E-state index contributed by atoms with van der Waals surface area (Å²) in [7, 11) is 1.42. The molecule has 0 fully saturated rings. The summed E-state index contributed by atoms with van der Waals surface area (Å²) in [5, 5.41) is 0. The zero-order valence-electron chi connectivity index (χ0n) is 12.6. The van der Waals surface area contributed by atoms with Gasteiger partial charge >= 0.3 is 5.97 Å². The van der Waals surface area contributed by atoms with Crippen LogP contribution >= 0.6 is 0 Å². The van der Waals surface area contributed by atoms with Gasteiger partial charge in [0.25, 0.3) is 0 Å². The van der Waals surface area contributed by atoms with Crippen LogP contribution in [0.2, 0.25) is 0 Å². The van der Waals surface area contributed by atoms with Crippen molar-refractivity contribution < 1.29 is 9.53 Å². The first kappa shape index (κ1) is 14.8. The Kier molecular flexibility index (Phi) is 4.94. The minimum atomic E-state index is -0.183. The number of carbonyl (C=O) groups is 1. The molecule has 0 bridgehead atoms. The Morgan fingerprint density at radius 3 is 2.70 bits per heavy atom. The van der Waals surface area contributed by atoms with Crippen LogP contribution in [-0.4, -0.2) is 18.8 Å². The quantitative estimate of drug-likeness (QED) is 0.617. The number of fused-ring (bicyclic) bond motifs is 1. The lowest BCUT2D eigenvalue weighted by Gasteiger charge is -2.16. The van der Waals surface area contributed by atoms with Gasteiger partial charge in [-0.1, -0.05) is 13.0 Å². The Morgan fingerprint density at radius 2 is 2.00 bits per heavy atom. The number of aliphatic imine (C=N–C) groups is 1. The van der Waals surface area contributed by atoms with Crippen LogP contribution in [0, 0.1) is 5.92 Å². The Balaban J connectivity index is 2.11. The molecule has 2 rings (SSSR count). The van der Waals surface area contributed by atoms with Gasteiger partial charge in [0.1, 0.15) is 0 Å². The van der Waals surface area contributed by atoms with Crippen molar-refractivity contribution in [3.05, 3.63) is 29.3 Å². The van der Waals surface area contributed by atoms with Gasteiger partial charge < -0.3 is 4.74 Å². The van der Waals surface area contributed by atoms with Crippen LogP contribution < -0.4 is 0 Å². The molecule has 3 heteroatoms. The Morgan fingerprint density at radius 1 is 1.30 bits per heavy atom. The number of benzene rings is 1. The van der Waals surface area contributed by atoms with Crippen molar-refractivity contribution in [1.29, 1.82) is 0 Å². The third-order valence-corrected chi connectivity index (χ3v) is 4.05. The second-order valence-corrected chi connectivity index (χ2v) is 5.59. The maximum absolute atomic E-state index is 11.3. The molecule has 0 saturated heterocycles. The fraction of sp³-hybridized carbons (Fsp3) is 0.529. The standard InChI is InChI=1S/C17H23NO2/c1-12(10-17(19)20-3)13(2)18-16-9-8-14-6-4-5-7-15(14)11-16/h8-9,11-12H,4-7,10H2,1-3H3. The first-order valence-electron chi connectivity index (χ1n) is 7.34. The van der Waals surface area contributed by atoms with Gasteiger partial charge in [-0.3, -0.25) is 9.79 Å². The highest BCUT2D eigenvalue weighted by Crippen LogP contribution is 2.26. The number of carbonyl (C=O) groups excluding carboxylic acids is 1. The van der Waals surface area contributed by atoms with Crippen LogP contribution in [0.15, 0.2) is 23.2 Å². The van der Waals surface area contributed by atoms with E-state index < -0.39 is 0 Å². The number of rotatable bonds is 4. The predicted molar refractivity (Wildman–Crippen MR) is 81.7 cm³/mol. The van der Waals surface area contributed by atoms with Crippen molar-refractivity contribution in [3.8, 4) is 0 Å². The Bertz CT molecular complexity index is 520. The van der Waals surface area contributed by atoms with Crippen molar-refractivity contribution >= 4 is 17.4 Å². The first-order chi connectivity index (χ1) is 9.60.